The molecular formula is C15H20N2O. The number of benzene rings is 1. The second-order valence-electron chi connectivity index (χ2n) is 5.11. The number of rotatable bonds is 6. The highest BCUT2D eigenvalue weighted by Crippen LogP contribution is 2.29. The van der Waals surface area contributed by atoms with E-state index in [1.54, 1.807) is 0 Å². The van der Waals surface area contributed by atoms with Crippen LogP contribution >= 0.6 is 0 Å². The highest BCUT2D eigenvalue weighted by atomic mass is 16.5. The summed E-state index contributed by atoms with van der Waals surface area (Å²) in [5, 5.41) is 4.54. The van der Waals surface area contributed by atoms with E-state index in [0.717, 1.165) is 19.1 Å². The zero-order valence-corrected chi connectivity index (χ0v) is 10.9. The molecule has 0 aliphatic heterocycles. The highest BCUT2D eigenvalue weighted by Gasteiger charge is 2.21. The molecule has 1 aromatic carbocycles. The monoisotopic (exact) mass is 244 g/mol. The number of hydrogen-bond donors (Lipinski definition) is 1. The number of fused-ring (bicyclic) bond motifs is 1. The predicted molar refractivity (Wildman–Crippen MR) is 73.4 cm³/mol. The molecule has 1 aliphatic rings. The van der Waals surface area contributed by atoms with E-state index in [1.807, 2.05) is 7.05 Å². The van der Waals surface area contributed by atoms with E-state index >= 15 is 0 Å². The first-order chi connectivity index (χ1) is 8.88. The minimum Gasteiger partial charge on any atom is -0.360 e. The van der Waals surface area contributed by atoms with Crippen LogP contribution in [0, 0.1) is 5.92 Å². The SMILES string of the molecule is CNCc1cn(COCC2CC2)c2ccccc12. The van der Waals surface area contributed by atoms with Gasteiger partial charge in [0, 0.05) is 18.1 Å². The van der Waals surface area contributed by atoms with Gasteiger partial charge in [-0.2, -0.15) is 0 Å². The Bertz CT molecular complexity index is 528. The maximum atomic E-state index is 5.79. The first-order valence-corrected chi connectivity index (χ1v) is 6.67. The van der Waals surface area contributed by atoms with Crippen LogP contribution in [0.3, 0.4) is 0 Å². The Morgan fingerprint density at radius 3 is 2.94 bits per heavy atom. The Balaban J connectivity index is 1.80. The van der Waals surface area contributed by atoms with Gasteiger partial charge in [0.25, 0.3) is 0 Å². The smallest absolute Gasteiger partial charge is 0.122 e. The molecule has 1 N–H and O–H groups in total. The molecule has 0 saturated heterocycles. The van der Waals surface area contributed by atoms with Crippen molar-refractivity contribution in [1.29, 1.82) is 0 Å². The summed E-state index contributed by atoms with van der Waals surface area (Å²) in [4.78, 5) is 0. The van der Waals surface area contributed by atoms with Crippen LogP contribution in [0.1, 0.15) is 18.4 Å². The second-order valence-corrected chi connectivity index (χ2v) is 5.11. The number of hydrogen-bond acceptors (Lipinski definition) is 2. The lowest BCUT2D eigenvalue weighted by molar-refractivity contribution is 0.0717. The lowest BCUT2D eigenvalue weighted by atomic mass is 10.2. The number of ether oxygens (including phenoxy) is 1. The van der Waals surface area contributed by atoms with E-state index in [2.05, 4.69) is 40.3 Å². The summed E-state index contributed by atoms with van der Waals surface area (Å²) in [7, 11) is 1.98. The summed E-state index contributed by atoms with van der Waals surface area (Å²) in [6.45, 7) is 2.48. The van der Waals surface area contributed by atoms with Gasteiger partial charge in [-0.3, -0.25) is 0 Å². The molecule has 0 unspecified atom stereocenters. The van der Waals surface area contributed by atoms with Crippen molar-refractivity contribution in [3.8, 4) is 0 Å². The molecule has 1 aliphatic carbocycles. The standard InChI is InChI=1S/C15H20N2O/c1-16-8-13-9-17(11-18-10-12-6-7-12)15-5-3-2-4-14(13)15/h2-5,9,12,16H,6-8,10-11H2,1H3. The quantitative estimate of drug-likeness (QED) is 0.845. The Labute approximate surface area is 108 Å². The number of nitrogens with zero attached hydrogens (tertiary/aromatic N) is 1. The topological polar surface area (TPSA) is 26.2 Å². The molecular weight excluding hydrogens is 224 g/mol. The summed E-state index contributed by atoms with van der Waals surface area (Å²) in [6, 6.07) is 8.52. The molecule has 1 heterocycles. The zero-order valence-electron chi connectivity index (χ0n) is 10.9. The zero-order chi connectivity index (χ0) is 12.4. The average molecular weight is 244 g/mol. The van der Waals surface area contributed by atoms with Gasteiger partial charge < -0.3 is 14.6 Å². The van der Waals surface area contributed by atoms with Crippen molar-refractivity contribution in [2.45, 2.75) is 26.1 Å². The third-order valence-electron chi connectivity index (χ3n) is 3.52. The summed E-state index contributed by atoms with van der Waals surface area (Å²) >= 11 is 0. The van der Waals surface area contributed by atoms with Gasteiger partial charge in [0.15, 0.2) is 0 Å². The van der Waals surface area contributed by atoms with E-state index in [9.17, 15) is 0 Å². The summed E-state index contributed by atoms with van der Waals surface area (Å²) < 4.78 is 8.00. The molecule has 3 nitrogen and oxygen atoms in total. The van der Waals surface area contributed by atoms with Gasteiger partial charge in [0.1, 0.15) is 6.73 Å². The summed E-state index contributed by atoms with van der Waals surface area (Å²) in [5.74, 6) is 0.823. The maximum Gasteiger partial charge on any atom is 0.122 e. The van der Waals surface area contributed by atoms with Crippen molar-refractivity contribution < 1.29 is 4.74 Å². The normalized spacial score (nSPS) is 15.4. The van der Waals surface area contributed by atoms with Crippen molar-refractivity contribution >= 4 is 10.9 Å². The van der Waals surface area contributed by atoms with E-state index in [-0.39, 0.29) is 0 Å². The van der Waals surface area contributed by atoms with E-state index in [4.69, 9.17) is 4.74 Å². The van der Waals surface area contributed by atoms with E-state index in [0.29, 0.717) is 6.73 Å². The van der Waals surface area contributed by atoms with Gasteiger partial charge in [-0.1, -0.05) is 18.2 Å². The number of nitrogens with one attached hydrogen (secondary N) is 1. The van der Waals surface area contributed by atoms with Crippen molar-refractivity contribution in [2.75, 3.05) is 13.7 Å². The molecule has 18 heavy (non-hydrogen) atoms. The molecule has 96 valence electrons. The number of aromatic nitrogens is 1. The fourth-order valence-electron chi connectivity index (χ4n) is 2.36. The summed E-state index contributed by atoms with van der Waals surface area (Å²) in [5.41, 5.74) is 2.60. The molecule has 1 aromatic heterocycles. The largest absolute Gasteiger partial charge is 0.360 e. The Hall–Kier alpha value is -1.32. The third kappa shape index (κ3) is 2.42. The maximum absolute atomic E-state index is 5.79. The van der Waals surface area contributed by atoms with Crippen LogP contribution in [0.4, 0.5) is 0 Å². The second kappa shape index (κ2) is 5.12. The predicted octanol–water partition coefficient (Wildman–Crippen LogP) is 2.74. The van der Waals surface area contributed by atoms with Crippen LogP contribution in [-0.2, 0) is 18.0 Å². The van der Waals surface area contributed by atoms with Crippen LogP contribution in [0.5, 0.6) is 0 Å². The van der Waals surface area contributed by atoms with Gasteiger partial charge in [-0.25, -0.2) is 0 Å². The first kappa shape index (κ1) is 11.8. The minimum atomic E-state index is 0.667. The number of para-hydroxylation sites is 1. The van der Waals surface area contributed by atoms with Crippen LogP contribution in [-0.4, -0.2) is 18.2 Å². The van der Waals surface area contributed by atoms with Gasteiger partial charge >= 0.3 is 0 Å². The summed E-state index contributed by atoms with van der Waals surface area (Å²) in [6.07, 6.45) is 4.89. The lowest BCUT2D eigenvalue weighted by Gasteiger charge is -2.06. The van der Waals surface area contributed by atoms with Crippen molar-refractivity contribution in [1.82, 2.24) is 9.88 Å². The van der Waals surface area contributed by atoms with Crippen LogP contribution in [0.2, 0.25) is 0 Å². The van der Waals surface area contributed by atoms with Crippen molar-refractivity contribution in [3.63, 3.8) is 0 Å². The van der Waals surface area contributed by atoms with Gasteiger partial charge in [0.2, 0.25) is 0 Å². The highest BCUT2D eigenvalue weighted by molar-refractivity contribution is 5.83. The molecule has 2 aromatic rings. The van der Waals surface area contributed by atoms with Crippen molar-refractivity contribution in [2.24, 2.45) is 5.92 Å². The Kier molecular flexibility index (Phi) is 3.35. The molecule has 3 rings (SSSR count). The van der Waals surface area contributed by atoms with E-state index < -0.39 is 0 Å². The molecule has 0 spiro atoms. The fraction of sp³-hybridized carbons (Fsp3) is 0.467. The van der Waals surface area contributed by atoms with Crippen LogP contribution < -0.4 is 5.32 Å². The van der Waals surface area contributed by atoms with E-state index in [1.165, 1.54) is 29.3 Å². The average Bonchev–Trinajstić information content (AvgIpc) is 3.15. The molecule has 1 saturated carbocycles. The van der Waals surface area contributed by atoms with Crippen LogP contribution in [0.15, 0.2) is 30.5 Å². The van der Waals surface area contributed by atoms with Crippen LogP contribution in [0.25, 0.3) is 10.9 Å². The molecule has 0 atom stereocenters. The van der Waals surface area contributed by atoms with Gasteiger partial charge in [0.05, 0.1) is 12.1 Å². The Morgan fingerprint density at radius 2 is 2.17 bits per heavy atom. The lowest BCUT2D eigenvalue weighted by Crippen LogP contribution is -2.05. The van der Waals surface area contributed by atoms with Crippen molar-refractivity contribution in [3.05, 3.63) is 36.0 Å². The molecule has 0 radical (unpaired) electrons. The first-order valence-electron chi connectivity index (χ1n) is 6.67. The molecule has 0 bridgehead atoms. The van der Waals surface area contributed by atoms with Gasteiger partial charge in [-0.05, 0) is 37.4 Å². The molecule has 1 fully saturated rings. The fourth-order valence-corrected chi connectivity index (χ4v) is 2.36. The Morgan fingerprint density at radius 1 is 1.33 bits per heavy atom. The van der Waals surface area contributed by atoms with Gasteiger partial charge in [-0.15, -0.1) is 0 Å². The molecule has 0 amide bonds. The third-order valence-corrected chi connectivity index (χ3v) is 3.52. The minimum absolute atomic E-state index is 0.667. The molecule has 3 heteroatoms.